The number of benzene rings is 2. The first-order chi connectivity index (χ1) is 10.6. The second-order valence-electron chi connectivity index (χ2n) is 4.86. The molecule has 0 unspecified atom stereocenters. The van der Waals surface area contributed by atoms with Crippen LogP contribution in [0.1, 0.15) is 38.8 Å². The van der Waals surface area contributed by atoms with Crippen LogP contribution >= 0.6 is 0 Å². The van der Waals surface area contributed by atoms with E-state index in [-0.39, 0.29) is 11.8 Å². The summed E-state index contributed by atoms with van der Waals surface area (Å²) in [6.45, 7) is 2.08. The largest absolute Gasteiger partial charge is 0.465 e. The van der Waals surface area contributed by atoms with Crippen LogP contribution in [0.3, 0.4) is 0 Å². The number of ketones is 1. The number of hydrogen-bond donors (Lipinski definition) is 0. The van der Waals surface area contributed by atoms with E-state index in [1.54, 1.807) is 30.3 Å². The average Bonchev–Trinajstić information content (AvgIpc) is 2.59. The molecule has 3 heteroatoms. The number of aryl methyl sites for hydroxylation is 1. The lowest BCUT2D eigenvalue weighted by atomic mass is 10.1. The molecule has 2 aromatic rings. The number of carbonyl (C=O) groups is 2. The van der Waals surface area contributed by atoms with E-state index in [1.807, 2.05) is 24.3 Å². The molecule has 0 atom stereocenters. The summed E-state index contributed by atoms with van der Waals surface area (Å²) in [5.74, 6) is -0.415. The number of rotatable bonds is 5. The van der Waals surface area contributed by atoms with Gasteiger partial charge in [0.15, 0.2) is 5.78 Å². The van der Waals surface area contributed by atoms with Gasteiger partial charge in [0.1, 0.15) is 0 Å². The molecule has 0 aromatic heterocycles. The van der Waals surface area contributed by atoms with Gasteiger partial charge in [-0.05, 0) is 35.8 Å². The maximum atomic E-state index is 12.1. The number of allylic oxidation sites excluding steroid dienone is 1. The first-order valence-electron chi connectivity index (χ1n) is 7.13. The topological polar surface area (TPSA) is 43.4 Å². The van der Waals surface area contributed by atoms with E-state index in [0.29, 0.717) is 11.1 Å². The van der Waals surface area contributed by atoms with Crippen LogP contribution in [-0.2, 0) is 11.2 Å². The minimum atomic E-state index is -0.373. The van der Waals surface area contributed by atoms with Crippen molar-refractivity contribution in [1.29, 1.82) is 0 Å². The van der Waals surface area contributed by atoms with Crippen LogP contribution < -0.4 is 0 Å². The highest BCUT2D eigenvalue weighted by Crippen LogP contribution is 2.10. The normalized spacial score (nSPS) is 10.6. The van der Waals surface area contributed by atoms with Crippen molar-refractivity contribution >= 4 is 17.8 Å². The van der Waals surface area contributed by atoms with E-state index >= 15 is 0 Å². The third-order valence-corrected chi connectivity index (χ3v) is 3.41. The van der Waals surface area contributed by atoms with Gasteiger partial charge in [0, 0.05) is 5.56 Å². The minimum absolute atomic E-state index is 0.0419. The summed E-state index contributed by atoms with van der Waals surface area (Å²) >= 11 is 0. The van der Waals surface area contributed by atoms with Crippen LogP contribution in [0.2, 0.25) is 0 Å². The summed E-state index contributed by atoms with van der Waals surface area (Å²) in [5, 5.41) is 0. The Kier molecular flexibility index (Phi) is 5.26. The van der Waals surface area contributed by atoms with Crippen molar-refractivity contribution < 1.29 is 14.3 Å². The Bertz CT molecular complexity index is 680. The molecule has 0 fully saturated rings. The molecule has 0 N–H and O–H groups in total. The van der Waals surface area contributed by atoms with Gasteiger partial charge >= 0.3 is 5.97 Å². The standard InChI is InChI=1S/C19H18O3/c1-3-14-4-9-16(10-5-14)18(20)13-8-15-6-11-17(12-7-15)19(21)22-2/h4-13H,3H2,1-2H3/b13-8+. The van der Waals surface area contributed by atoms with E-state index in [0.717, 1.165) is 12.0 Å². The number of esters is 1. The van der Waals surface area contributed by atoms with Crippen LogP contribution in [0.15, 0.2) is 54.6 Å². The monoisotopic (exact) mass is 294 g/mol. The molecule has 0 radical (unpaired) electrons. The molecule has 0 saturated carbocycles. The molecule has 2 rings (SSSR count). The highest BCUT2D eigenvalue weighted by molar-refractivity contribution is 6.06. The van der Waals surface area contributed by atoms with Crippen molar-refractivity contribution in [3.63, 3.8) is 0 Å². The number of carbonyl (C=O) groups excluding carboxylic acids is 2. The second kappa shape index (κ2) is 7.36. The Labute approximate surface area is 130 Å². The van der Waals surface area contributed by atoms with Crippen molar-refractivity contribution in [2.45, 2.75) is 13.3 Å². The lowest BCUT2D eigenvalue weighted by Crippen LogP contribution is -2.00. The van der Waals surface area contributed by atoms with Crippen LogP contribution in [0.4, 0.5) is 0 Å². The van der Waals surface area contributed by atoms with Crippen LogP contribution in [0.5, 0.6) is 0 Å². The maximum absolute atomic E-state index is 12.1. The molecule has 0 aliphatic rings. The van der Waals surface area contributed by atoms with Gasteiger partial charge in [0.25, 0.3) is 0 Å². The van der Waals surface area contributed by atoms with Crippen LogP contribution in [0, 0.1) is 0 Å². The van der Waals surface area contributed by atoms with E-state index in [9.17, 15) is 9.59 Å². The molecule has 0 spiro atoms. The molecule has 0 amide bonds. The first kappa shape index (κ1) is 15.7. The van der Waals surface area contributed by atoms with Gasteiger partial charge in [-0.3, -0.25) is 4.79 Å². The second-order valence-corrected chi connectivity index (χ2v) is 4.86. The summed E-state index contributed by atoms with van der Waals surface area (Å²) < 4.78 is 4.64. The number of hydrogen-bond acceptors (Lipinski definition) is 3. The van der Waals surface area contributed by atoms with Gasteiger partial charge in [0.2, 0.25) is 0 Å². The molecule has 2 aromatic carbocycles. The Hall–Kier alpha value is -2.68. The fraction of sp³-hybridized carbons (Fsp3) is 0.158. The predicted octanol–water partition coefficient (Wildman–Crippen LogP) is 3.93. The fourth-order valence-electron chi connectivity index (χ4n) is 2.02. The Morgan fingerprint density at radius 1 is 0.955 bits per heavy atom. The average molecular weight is 294 g/mol. The summed E-state index contributed by atoms with van der Waals surface area (Å²) in [4.78, 5) is 23.4. The summed E-state index contributed by atoms with van der Waals surface area (Å²) in [5.41, 5.74) is 3.21. The zero-order chi connectivity index (χ0) is 15.9. The van der Waals surface area contributed by atoms with E-state index in [4.69, 9.17) is 0 Å². The van der Waals surface area contributed by atoms with Crippen molar-refractivity contribution in [3.05, 3.63) is 76.9 Å². The highest BCUT2D eigenvalue weighted by atomic mass is 16.5. The predicted molar refractivity (Wildman–Crippen MR) is 87.0 cm³/mol. The highest BCUT2D eigenvalue weighted by Gasteiger charge is 2.04. The molecule has 0 saturated heterocycles. The zero-order valence-corrected chi connectivity index (χ0v) is 12.7. The summed E-state index contributed by atoms with van der Waals surface area (Å²) in [6, 6.07) is 14.5. The van der Waals surface area contributed by atoms with E-state index < -0.39 is 0 Å². The van der Waals surface area contributed by atoms with Crippen molar-refractivity contribution in [3.8, 4) is 0 Å². The van der Waals surface area contributed by atoms with Gasteiger partial charge < -0.3 is 4.74 Å². The lowest BCUT2D eigenvalue weighted by Gasteiger charge is -2.00. The third kappa shape index (κ3) is 3.92. The fourth-order valence-corrected chi connectivity index (χ4v) is 2.02. The van der Waals surface area contributed by atoms with Gasteiger partial charge in [-0.1, -0.05) is 49.4 Å². The van der Waals surface area contributed by atoms with E-state index in [2.05, 4.69) is 11.7 Å². The molecule has 0 bridgehead atoms. The van der Waals surface area contributed by atoms with Gasteiger partial charge in [0.05, 0.1) is 12.7 Å². The molecule has 0 aliphatic heterocycles. The molecule has 0 heterocycles. The van der Waals surface area contributed by atoms with Gasteiger partial charge in [-0.25, -0.2) is 4.79 Å². The number of ether oxygens (including phenoxy) is 1. The summed E-state index contributed by atoms with van der Waals surface area (Å²) in [7, 11) is 1.35. The SMILES string of the molecule is CCc1ccc(C(=O)/C=C/c2ccc(C(=O)OC)cc2)cc1. The van der Waals surface area contributed by atoms with Crippen molar-refractivity contribution in [2.75, 3.05) is 7.11 Å². The molecule has 22 heavy (non-hydrogen) atoms. The maximum Gasteiger partial charge on any atom is 0.337 e. The molecule has 0 aliphatic carbocycles. The number of methoxy groups -OCH3 is 1. The van der Waals surface area contributed by atoms with Crippen molar-refractivity contribution in [1.82, 2.24) is 0 Å². The van der Waals surface area contributed by atoms with Crippen LogP contribution in [0.25, 0.3) is 6.08 Å². The Balaban J connectivity index is 2.07. The molecular formula is C19H18O3. The molecule has 112 valence electrons. The Morgan fingerprint density at radius 3 is 2.09 bits per heavy atom. The van der Waals surface area contributed by atoms with Crippen molar-refractivity contribution in [2.24, 2.45) is 0 Å². The van der Waals surface area contributed by atoms with Crippen LogP contribution in [-0.4, -0.2) is 18.9 Å². The quantitative estimate of drug-likeness (QED) is 0.477. The Morgan fingerprint density at radius 2 is 1.55 bits per heavy atom. The lowest BCUT2D eigenvalue weighted by molar-refractivity contribution is 0.0600. The third-order valence-electron chi connectivity index (χ3n) is 3.41. The first-order valence-corrected chi connectivity index (χ1v) is 7.13. The summed E-state index contributed by atoms with van der Waals surface area (Å²) in [6.07, 6.45) is 4.22. The van der Waals surface area contributed by atoms with Gasteiger partial charge in [-0.15, -0.1) is 0 Å². The molecule has 3 nitrogen and oxygen atoms in total. The smallest absolute Gasteiger partial charge is 0.337 e. The molecular weight excluding hydrogens is 276 g/mol. The van der Waals surface area contributed by atoms with E-state index in [1.165, 1.54) is 18.7 Å². The minimum Gasteiger partial charge on any atom is -0.465 e. The zero-order valence-electron chi connectivity index (χ0n) is 12.7. The van der Waals surface area contributed by atoms with Gasteiger partial charge in [-0.2, -0.15) is 0 Å².